The summed E-state index contributed by atoms with van der Waals surface area (Å²) in [5.41, 5.74) is 4.52. The molecule has 0 atom stereocenters. The molecule has 2 heteroatoms. The minimum atomic E-state index is 0.492. The van der Waals surface area contributed by atoms with Gasteiger partial charge >= 0.3 is 0 Å². The van der Waals surface area contributed by atoms with Gasteiger partial charge in [0.15, 0.2) is 0 Å². The molecule has 2 radical (unpaired) electrons. The normalized spacial score (nSPS) is 14.5. The van der Waals surface area contributed by atoms with Crippen molar-refractivity contribution < 1.29 is 0 Å². The summed E-state index contributed by atoms with van der Waals surface area (Å²) in [4.78, 5) is 4.35. The molecule has 1 nitrogen and oxygen atoms in total. The smallest absolute Gasteiger partial charge is 0.114 e. The Labute approximate surface area is 86.7 Å². The van der Waals surface area contributed by atoms with Crippen LogP contribution in [-0.2, 0) is 6.42 Å². The fourth-order valence-electron chi connectivity index (χ4n) is 1.87. The Bertz CT molecular complexity index is 380. The summed E-state index contributed by atoms with van der Waals surface area (Å²) in [6, 6.07) is 4.21. The topological polar surface area (TPSA) is 12.4 Å². The van der Waals surface area contributed by atoms with Crippen LogP contribution in [0.1, 0.15) is 37.3 Å². The minimum Gasteiger partial charge on any atom is -0.261 e. The molecule has 0 bridgehead atoms. The Kier molecular flexibility index (Phi) is 2.45. The lowest BCUT2D eigenvalue weighted by atomic mass is 9.83. The van der Waals surface area contributed by atoms with Gasteiger partial charge in [-0.15, -0.1) is 0 Å². The van der Waals surface area contributed by atoms with Crippen molar-refractivity contribution in [1.29, 1.82) is 0 Å². The Balaban J connectivity index is 2.52. The molecule has 14 heavy (non-hydrogen) atoms. The largest absolute Gasteiger partial charge is 0.261 e. The van der Waals surface area contributed by atoms with Gasteiger partial charge < -0.3 is 0 Å². The van der Waals surface area contributed by atoms with Crippen LogP contribution in [0.15, 0.2) is 17.1 Å². The molecule has 0 spiro atoms. The second-order valence-electron chi connectivity index (χ2n) is 4.11. The Hall–Kier alpha value is -1.05. The molecule has 1 heterocycles. The molecule has 0 aliphatic carbocycles. The second-order valence-corrected chi connectivity index (χ2v) is 4.11. The monoisotopic (exact) mass is 183 g/mol. The van der Waals surface area contributed by atoms with E-state index in [1.807, 2.05) is 12.3 Å². The minimum absolute atomic E-state index is 0.492. The van der Waals surface area contributed by atoms with Gasteiger partial charge in [-0.25, -0.2) is 0 Å². The molecule has 1 aliphatic rings. The number of rotatable bonds is 1. The van der Waals surface area contributed by atoms with Crippen LogP contribution >= 0.6 is 0 Å². The van der Waals surface area contributed by atoms with E-state index >= 15 is 0 Å². The number of aryl methyl sites for hydroxylation is 1. The molecule has 70 valence electrons. The van der Waals surface area contributed by atoms with Crippen molar-refractivity contribution in [3.8, 4) is 0 Å². The zero-order valence-electron chi connectivity index (χ0n) is 8.75. The molecule has 2 rings (SSSR count). The summed E-state index contributed by atoms with van der Waals surface area (Å²) in [5.74, 6) is 0.492. The van der Waals surface area contributed by atoms with Crippen molar-refractivity contribution in [3.63, 3.8) is 0 Å². The number of aliphatic imine (C=N–C) groups is 1. The molecule has 0 saturated carbocycles. The SMILES string of the molecule is [B]c1cc2c(cc1C(C)C)CCC=N2. The maximum absolute atomic E-state index is 5.97. The Morgan fingerprint density at radius 1 is 1.36 bits per heavy atom. The summed E-state index contributed by atoms with van der Waals surface area (Å²) in [6.45, 7) is 4.34. The van der Waals surface area contributed by atoms with E-state index in [0.29, 0.717) is 5.92 Å². The highest BCUT2D eigenvalue weighted by Gasteiger charge is 2.10. The predicted molar refractivity (Wildman–Crippen MR) is 62.4 cm³/mol. The van der Waals surface area contributed by atoms with Crippen molar-refractivity contribution >= 4 is 25.2 Å². The zero-order valence-corrected chi connectivity index (χ0v) is 8.75. The Morgan fingerprint density at radius 3 is 2.86 bits per heavy atom. The van der Waals surface area contributed by atoms with Crippen molar-refractivity contribution in [3.05, 3.63) is 23.3 Å². The standard InChI is InChI=1S/C12H14BN/c1-8(2)10-6-9-4-3-5-14-12(9)7-11(10)13/h5-8H,3-4H2,1-2H3. The highest BCUT2D eigenvalue weighted by atomic mass is 14.7. The predicted octanol–water partition coefficient (Wildman–Crippen LogP) is 2.25. The molecule has 1 aromatic rings. The van der Waals surface area contributed by atoms with Crippen LogP contribution in [0.3, 0.4) is 0 Å². The van der Waals surface area contributed by atoms with Gasteiger partial charge in [0.2, 0.25) is 0 Å². The van der Waals surface area contributed by atoms with Gasteiger partial charge in [-0.2, -0.15) is 0 Å². The van der Waals surface area contributed by atoms with Gasteiger partial charge in [0.1, 0.15) is 7.85 Å². The number of fused-ring (bicyclic) bond motifs is 1. The quantitative estimate of drug-likeness (QED) is 0.592. The van der Waals surface area contributed by atoms with E-state index in [0.717, 1.165) is 24.0 Å². The maximum Gasteiger partial charge on any atom is 0.114 e. The van der Waals surface area contributed by atoms with Crippen LogP contribution in [0.2, 0.25) is 0 Å². The van der Waals surface area contributed by atoms with E-state index in [1.54, 1.807) is 0 Å². The van der Waals surface area contributed by atoms with E-state index in [1.165, 1.54) is 11.1 Å². The summed E-state index contributed by atoms with van der Waals surface area (Å²) >= 11 is 0. The lowest BCUT2D eigenvalue weighted by molar-refractivity contribution is 0.867. The number of nitrogens with zero attached hydrogens (tertiary/aromatic N) is 1. The molecule has 1 aliphatic heterocycles. The molecule has 0 unspecified atom stereocenters. The molecule has 0 fully saturated rings. The van der Waals surface area contributed by atoms with E-state index in [4.69, 9.17) is 7.85 Å². The van der Waals surface area contributed by atoms with Gasteiger partial charge in [0, 0.05) is 6.21 Å². The lowest BCUT2D eigenvalue weighted by Crippen LogP contribution is -2.13. The highest BCUT2D eigenvalue weighted by molar-refractivity contribution is 6.33. The third-order valence-corrected chi connectivity index (χ3v) is 2.68. The van der Waals surface area contributed by atoms with Gasteiger partial charge in [-0.1, -0.05) is 30.9 Å². The number of benzene rings is 1. The average molecular weight is 183 g/mol. The summed E-state index contributed by atoms with van der Waals surface area (Å²) < 4.78 is 0. The van der Waals surface area contributed by atoms with Crippen molar-refractivity contribution in [2.45, 2.75) is 32.6 Å². The van der Waals surface area contributed by atoms with E-state index in [9.17, 15) is 0 Å². The van der Waals surface area contributed by atoms with E-state index < -0.39 is 0 Å². The van der Waals surface area contributed by atoms with Gasteiger partial charge in [0.25, 0.3) is 0 Å². The third-order valence-electron chi connectivity index (χ3n) is 2.68. The molecule has 0 aromatic heterocycles. The first-order valence-electron chi connectivity index (χ1n) is 5.13. The van der Waals surface area contributed by atoms with Crippen molar-refractivity contribution in [1.82, 2.24) is 0 Å². The number of hydrogen-bond acceptors (Lipinski definition) is 1. The molecule has 0 saturated heterocycles. The summed E-state index contributed by atoms with van der Waals surface area (Å²) in [5, 5.41) is 0. The first-order chi connectivity index (χ1) is 6.68. The van der Waals surface area contributed by atoms with Crippen LogP contribution in [0, 0.1) is 0 Å². The molecule has 0 N–H and O–H groups in total. The average Bonchev–Trinajstić information content (AvgIpc) is 2.16. The van der Waals surface area contributed by atoms with E-state index in [-0.39, 0.29) is 0 Å². The van der Waals surface area contributed by atoms with Crippen LogP contribution in [0.5, 0.6) is 0 Å². The van der Waals surface area contributed by atoms with Gasteiger partial charge in [0.05, 0.1) is 5.69 Å². The highest BCUT2D eigenvalue weighted by Crippen LogP contribution is 2.26. The number of hydrogen-bond donors (Lipinski definition) is 0. The van der Waals surface area contributed by atoms with Gasteiger partial charge in [-0.3, -0.25) is 4.99 Å². The van der Waals surface area contributed by atoms with Crippen molar-refractivity contribution in [2.75, 3.05) is 0 Å². The zero-order chi connectivity index (χ0) is 10.1. The van der Waals surface area contributed by atoms with Crippen molar-refractivity contribution in [2.24, 2.45) is 4.99 Å². The second kappa shape index (κ2) is 3.60. The summed E-state index contributed by atoms with van der Waals surface area (Å²) in [7, 11) is 5.97. The van der Waals surface area contributed by atoms with Crippen LogP contribution in [0.25, 0.3) is 0 Å². The molecule has 1 aromatic carbocycles. The first-order valence-corrected chi connectivity index (χ1v) is 5.13. The molecular formula is C12H14BN. The first kappa shape index (κ1) is 9.51. The molecule has 0 amide bonds. The van der Waals surface area contributed by atoms with Crippen LogP contribution in [-0.4, -0.2) is 14.1 Å². The maximum atomic E-state index is 5.97. The van der Waals surface area contributed by atoms with E-state index in [2.05, 4.69) is 24.9 Å². The summed E-state index contributed by atoms with van der Waals surface area (Å²) in [6.07, 6.45) is 4.12. The molecular weight excluding hydrogens is 169 g/mol. The van der Waals surface area contributed by atoms with Gasteiger partial charge in [-0.05, 0) is 30.4 Å². The fourth-order valence-corrected chi connectivity index (χ4v) is 1.87. The Morgan fingerprint density at radius 2 is 2.14 bits per heavy atom. The van der Waals surface area contributed by atoms with Crippen LogP contribution < -0.4 is 5.46 Å². The third kappa shape index (κ3) is 1.61. The fraction of sp³-hybridized carbons (Fsp3) is 0.417. The van der Waals surface area contributed by atoms with Crippen LogP contribution in [0.4, 0.5) is 5.69 Å². The lowest BCUT2D eigenvalue weighted by Gasteiger charge is -2.16.